The molecule has 0 spiro atoms. The van der Waals surface area contributed by atoms with Gasteiger partial charge >= 0.3 is 0 Å². The van der Waals surface area contributed by atoms with Crippen LogP contribution in [0, 0.1) is 6.92 Å². The number of carbonyl (C=O) groups is 1. The molecule has 2 aromatic rings. The Bertz CT molecular complexity index is 689. The predicted molar refractivity (Wildman–Crippen MR) is 90.4 cm³/mol. The van der Waals surface area contributed by atoms with E-state index in [9.17, 15) is 4.79 Å². The molecule has 0 aliphatic rings. The fraction of sp³-hybridized carbons (Fsp3) is 0.0714. The molecule has 0 saturated heterocycles. The molecule has 2 aromatic carbocycles. The number of amides is 1. The molecule has 20 heavy (non-hydrogen) atoms. The minimum atomic E-state index is -0.224. The molecule has 0 aliphatic carbocycles. The van der Waals surface area contributed by atoms with Crippen molar-refractivity contribution in [3.05, 3.63) is 55.4 Å². The first kappa shape index (κ1) is 15.4. The first-order valence-electron chi connectivity index (χ1n) is 5.70. The van der Waals surface area contributed by atoms with Gasteiger partial charge in [0.25, 0.3) is 5.91 Å². The molecule has 0 atom stereocenters. The van der Waals surface area contributed by atoms with Crippen LogP contribution < -0.4 is 11.1 Å². The molecule has 0 radical (unpaired) electrons. The average Bonchev–Trinajstić information content (AvgIpc) is 2.37. The van der Waals surface area contributed by atoms with Crippen molar-refractivity contribution in [1.82, 2.24) is 0 Å². The minimum Gasteiger partial charge on any atom is -0.398 e. The third kappa shape index (κ3) is 3.34. The van der Waals surface area contributed by atoms with Gasteiger partial charge in [-0.15, -0.1) is 0 Å². The van der Waals surface area contributed by atoms with Gasteiger partial charge in [-0.25, -0.2) is 0 Å². The van der Waals surface area contributed by atoms with E-state index in [0.717, 1.165) is 14.5 Å². The van der Waals surface area contributed by atoms with E-state index in [0.29, 0.717) is 22.0 Å². The lowest BCUT2D eigenvalue weighted by Gasteiger charge is -2.11. The highest BCUT2D eigenvalue weighted by atomic mass is 79.9. The molecule has 2 rings (SSSR count). The van der Waals surface area contributed by atoms with Gasteiger partial charge in [-0.1, -0.05) is 27.5 Å². The lowest BCUT2D eigenvalue weighted by molar-refractivity contribution is 0.102. The molecule has 0 heterocycles. The van der Waals surface area contributed by atoms with Crippen LogP contribution in [0.4, 0.5) is 11.4 Å². The topological polar surface area (TPSA) is 55.1 Å². The predicted octanol–water partition coefficient (Wildman–Crippen LogP) is 5.01. The summed E-state index contributed by atoms with van der Waals surface area (Å²) in [5.74, 6) is -0.224. The molecule has 1 amide bonds. The number of rotatable bonds is 2. The zero-order valence-electron chi connectivity index (χ0n) is 10.5. The van der Waals surface area contributed by atoms with Crippen LogP contribution in [0.25, 0.3) is 0 Å². The molecule has 6 heteroatoms. The number of nitrogens with one attached hydrogen (secondary N) is 1. The molecule has 0 aliphatic heterocycles. The Morgan fingerprint density at radius 1 is 1.25 bits per heavy atom. The van der Waals surface area contributed by atoms with Gasteiger partial charge < -0.3 is 11.1 Å². The van der Waals surface area contributed by atoms with E-state index in [1.165, 1.54) is 0 Å². The summed E-state index contributed by atoms with van der Waals surface area (Å²) in [5.41, 5.74) is 8.36. The van der Waals surface area contributed by atoms with Gasteiger partial charge in [0.05, 0.1) is 5.69 Å². The van der Waals surface area contributed by atoms with Crippen LogP contribution in [-0.4, -0.2) is 5.91 Å². The highest BCUT2D eigenvalue weighted by molar-refractivity contribution is 9.10. The normalized spacial score (nSPS) is 10.4. The summed E-state index contributed by atoms with van der Waals surface area (Å²) in [6, 6.07) is 8.68. The van der Waals surface area contributed by atoms with Gasteiger partial charge in [-0.05, 0) is 58.7 Å². The maximum Gasteiger partial charge on any atom is 0.256 e. The minimum absolute atomic E-state index is 0.224. The molecule has 0 saturated carbocycles. The highest BCUT2D eigenvalue weighted by Crippen LogP contribution is 2.28. The first-order valence-corrected chi connectivity index (χ1v) is 7.67. The highest BCUT2D eigenvalue weighted by Gasteiger charge is 2.13. The van der Waals surface area contributed by atoms with Crippen molar-refractivity contribution >= 4 is 60.7 Å². The van der Waals surface area contributed by atoms with Gasteiger partial charge in [0.1, 0.15) is 0 Å². The van der Waals surface area contributed by atoms with Crippen LogP contribution in [0.15, 0.2) is 39.3 Å². The van der Waals surface area contributed by atoms with E-state index in [-0.39, 0.29) is 5.91 Å². The number of anilines is 2. The number of hydrogen-bond donors (Lipinski definition) is 2. The molecular weight excluding hydrogens is 407 g/mol. The molecule has 3 N–H and O–H groups in total. The Labute approximate surface area is 138 Å². The summed E-state index contributed by atoms with van der Waals surface area (Å²) in [6.45, 7) is 1.81. The quantitative estimate of drug-likeness (QED) is 0.674. The van der Waals surface area contributed by atoms with Crippen LogP contribution >= 0.6 is 43.5 Å². The summed E-state index contributed by atoms with van der Waals surface area (Å²) in [7, 11) is 0. The summed E-state index contributed by atoms with van der Waals surface area (Å²) >= 11 is 12.6. The van der Waals surface area contributed by atoms with Crippen molar-refractivity contribution in [3.8, 4) is 0 Å². The second kappa shape index (κ2) is 6.16. The Kier molecular flexibility index (Phi) is 4.73. The Morgan fingerprint density at radius 2 is 1.95 bits per heavy atom. The Hall–Kier alpha value is -1.04. The summed E-state index contributed by atoms with van der Waals surface area (Å²) in [5, 5.41) is 3.42. The van der Waals surface area contributed by atoms with Crippen molar-refractivity contribution in [1.29, 1.82) is 0 Å². The van der Waals surface area contributed by atoms with E-state index in [2.05, 4.69) is 37.2 Å². The number of hydrogen-bond acceptors (Lipinski definition) is 2. The number of nitrogens with two attached hydrogens (primary N) is 1. The Morgan fingerprint density at radius 3 is 2.60 bits per heavy atom. The van der Waals surface area contributed by atoms with Gasteiger partial charge in [-0.3, -0.25) is 4.79 Å². The average molecular weight is 419 g/mol. The second-order valence-corrected chi connectivity index (χ2v) is 6.45. The van der Waals surface area contributed by atoms with Crippen LogP contribution in [0.5, 0.6) is 0 Å². The van der Waals surface area contributed by atoms with E-state index in [1.54, 1.807) is 30.3 Å². The van der Waals surface area contributed by atoms with Crippen molar-refractivity contribution < 1.29 is 4.79 Å². The molecule has 0 fully saturated rings. The molecule has 0 unspecified atom stereocenters. The standard InChI is InChI=1S/C14H11Br2ClN2O/c1-7-10(4-8(15)5-12(7)18)14(20)19-13-3-2-9(17)6-11(13)16/h2-6H,18H2,1H3,(H,19,20). The lowest BCUT2D eigenvalue weighted by Crippen LogP contribution is -2.14. The van der Waals surface area contributed by atoms with Gasteiger partial charge in [0, 0.05) is 25.2 Å². The largest absolute Gasteiger partial charge is 0.398 e. The van der Waals surface area contributed by atoms with Crippen molar-refractivity contribution in [3.63, 3.8) is 0 Å². The maximum absolute atomic E-state index is 12.3. The van der Waals surface area contributed by atoms with Crippen molar-refractivity contribution in [2.45, 2.75) is 6.92 Å². The van der Waals surface area contributed by atoms with E-state index >= 15 is 0 Å². The summed E-state index contributed by atoms with van der Waals surface area (Å²) in [4.78, 5) is 12.3. The SMILES string of the molecule is Cc1c(N)cc(Br)cc1C(=O)Nc1ccc(Cl)cc1Br. The number of halogens is 3. The van der Waals surface area contributed by atoms with E-state index in [4.69, 9.17) is 17.3 Å². The fourth-order valence-corrected chi connectivity index (χ4v) is 2.97. The zero-order valence-corrected chi connectivity index (χ0v) is 14.4. The van der Waals surface area contributed by atoms with Crippen molar-refractivity contribution in [2.24, 2.45) is 0 Å². The molecule has 104 valence electrons. The van der Waals surface area contributed by atoms with Gasteiger partial charge in [0.2, 0.25) is 0 Å². The summed E-state index contributed by atoms with van der Waals surface area (Å²) < 4.78 is 1.49. The molecule has 3 nitrogen and oxygen atoms in total. The van der Waals surface area contributed by atoms with Gasteiger partial charge in [-0.2, -0.15) is 0 Å². The Balaban J connectivity index is 2.33. The third-order valence-corrected chi connectivity index (χ3v) is 4.19. The van der Waals surface area contributed by atoms with Crippen LogP contribution in [0.2, 0.25) is 5.02 Å². The van der Waals surface area contributed by atoms with Gasteiger partial charge in [0.15, 0.2) is 0 Å². The van der Waals surface area contributed by atoms with Crippen LogP contribution in [-0.2, 0) is 0 Å². The third-order valence-electron chi connectivity index (χ3n) is 2.84. The van der Waals surface area contributed by atoms with Crippen LogP contribution in [0.3, 0.4) is 0 Å². The van der Waals surface area contributed by atoms with Crippen LogP contribution in [0.1, 0.15) is 15.9 Å². The first-order chi connectivity index (χ1) is 9.38. The maximum atomic E-state index is 12.3. The second-order valence-electron chi connectivity index (χ2n) is 4.25. The van der Waals surface area contributed by atoms with E-state index < -0.39 is 0 Å². The molecule has 0 aromatic heterocycles. The lowest BCUT2D eigenvalue weighted by atomic mass is 10.1. The number of nitrogen functional groups attached to an aromatic ring is 1. The molecular formula is C14H11Br2ClN2O. The molecule has 0 bridgehead atoms. The monoisotopic (exact) mass is 416 g/mol. The summed E-state index contributed by atoms with van der Waals surface area (Å²) in [6.07, 6.45) is 0. The smallest absolute Gasteiger partial charge is 0.256 e. The number of benzene rings is 2. The number of carbonyl (C=O) groups excluding carboxylic acids is 1. The van der Waals surface area contributed by atoms with E-state index in [1.807, 2.05) is 6.92 Å². The fourth-order valence-electron chi connectivity index (χ4n) is 1.72. The van der Waals surface area contributed by atoms with Crippen molar-refractivity contribution in [2.75, 3.05) is 11.1 Å². The zero-order chi connectivity index (χ0) is 14.9.